The van der Waals surface area contributed by atoms with Gasteiger partial charge in [0.15, 0.2) is 0 Å². The van der Waals surface area contributed by atoms with E-state index in [1.165, 1.54) is 4.90 Å². The minimum absolute atomic E-state index is 0.00944. The maximum absolute atomic E-state index is 11.5. The normalized spacial score (nSPS) is 28.9. The fourth-order valence-electron chi connectivity index (χ4n) is 1.83. The summed E-state index contributed by atoms with van der Waals surface area (Å²) in [5.74, 6) is -1.21. The Balaban J connectivity index is 2.79. The quantitative estimate of drug-likeness (QED) is 0.638. The lowest BCUT2D eigenvalue weighted by Crippen LogP contribution is -2.48. The first-order valence-corrected chi connectivity index (χ1v) is 4.74. The van der Waals surface area contributed by atoms with Crippen LogP contribution in [0.3, 0.4) is 0 Å². The van der Waals surface area contributed by atoms with Crippen LogP contribution in [0.5, 0.6) is 0 Å². The molecule has 14 heavy (non-hydrogen) atoms. The summed E-state index contributed by atoms with van der Waals surface area (Å²) in [5, 5.41) is 8.95. The van der Waals surface area contributed by atoms with Crippen LogP contribution >= 0.6 is 0 Å². The van der Waals surface area contributed by atoms with Gasteiger partial charge in [-0.1, -0.05) is 6.92 Å². The number of likely N-dealkylation sites (tertiary alicyclic amines) is 1. The second-order valence-electron chi connectivity index (χ2n) is 3.87. The number of carboxylic acids is 1. The molecule has 3 N–H and O–H groups in total. The Morgan fingerprint density at radius 2 is 2.14 bits per heavy atom. The molecule has 1 amide bonds. The molecule has 1 heterocycles. The first-order chi connectivity index (χ1) is 6.45. The standard InChI is InChI=1S/C9H16N2O3/c1-5-3-4-11(7(5)9(13)14)8(12)6(2)10/h5-7H,3-4,10H2,1-2H3,(H,13,14)/t5?,6-,7?/m0/s1. The minimum Gasteiger partial charge on any atom is -0.480 e. The second-order valence-corrected chi connectivity index (χ2v) is 3.87. The van der Waals surface area contributed by atoms with E-state index in [0.717, 1.165) is 6.42 Å². The van der Waals surface area contributed by atoms with Crippen molar-refractivity contribution in [1.29, 1.82) is 0 Å². The Labute approximate surface area is 82.9 Å². The van der Waals surface area contributed by atoms with E-state index in [1.807, 2.05) is 6.92 Å². The molecule has 0 aliphatic carbocycles. The van der Waals surface area contributed by atoms with Gasteiger partial charge in [0, 0.05) is 6.54 Å². The van der Waals surface area contributed by atoms with E-state index >= 15 is 0 Å². The lowest BCUT2D eigenvalue weighted by molar-refractivity contribution is -0.149. The van der Waals surface area contributed by atoms with Gasteiger partial charge in [0.1, 0.15) is 6.04 Å². The lowest BCUT2D eigenvalue weighted by atomic mass is 10.0. The molecular weight excluding hydrogens is 184 g/mol. The van der Waals surface area contributed by atoms with Crippen molar-refractivity contribution < 1.29 is 14.7 Å². The Hall–Kier alpha value is -1.10. The van der Waals surface area contributed by atoms with Gasteiger partial charge in [-0.3, -0.25) is 4.79 Å². The van der Waals surface area contributed by atoms with Crippen LogP contribution in [0, 0.1) is 5.92 Å². The first-order valence-electron chi connectivity index (χ1n) is 4.74. The number of aliphatic carboxylic acids is 1. The van der Waals surface area contributed by atoms with Crippen molar-refractivity contribution in [3.63, 3.8) is 0 Å². The van der Waals surface area contributed by atoms with Crippen LogP contribution in [-0.4, -0.2) is 40.5 Å². The average Bonchev–Trinajstić information content (AvgIpc) is 2.45. The lowest BCUT2D eigenvalue weighted by Gasteiger charge is -2.24. The van der Waals surface area contributed by atoms with Gasteiger partial charge >= 0.3 is 5.97 Å². The molecule has 5 heteroatoms. The van der Waals surface area contributed by atoms with Crippen molar-refractivity contribution in [3.05, 3.63) is 0 Å². The van der Waals surface area contributed by atoms with Crippen molar-refractivity contribution in [2.24, 2.45) is 11.7 Å². The number of carboxylic acid groups (broad SMARTS) is 1. The highest BCUT2D eigenvalue weighted by molar-refractivity contribution is 5.87. The van der Waals surface area contributed by atoms with Crippen LogP contribution in [0.4, 0.5) is 0 Å². The maximum atomic E-state index is 11.5. The van der Waals surface area contributed by atoms with Gasteiger partial charge < -0.3 is 15.7 Å². The summed E-state index contributed by atoms with van der Waals surface area (Å²) in [6, 6.07) is -1.32. The Kier molecular flexibility index (Phi) is 3.10. The number of carbonyl (C=O) groups is 2. The first kappa shape index (κ1) is 11.0. The minimum atomic E-state index is -0.941. The monoisotopic (exact) mass is 200 g/mol. The third-order valence-electron chi connectivity index (χ3n) is 2.63. The zero-order valence-electron chi connectivity index (χ0n) is 8.43. The summed E-state index contributed by atoms with van der Waals surface area (Å²) in [5.41, 5.74) is 5.44. The fourth-order valence-corrected chi connectivity index (χ4v) is 1.83. The molecule has 1 aliphatic rings. The zero-order valence-corrected chi connectivity index (χ0v) is 8.43. The summed E-state index contributed by atoms with van der Waals surface area (Å²) in [6.45, 7) is 3.91. The predicted octanol–water partition coefficient (Wildman–Crippen LogP) is -0.345. The van der Waals surface area contributed by atoms with Crippen molar-refractivity contribution in [2.75, 3.05) is 6.54 Å². The molecule has 0 bridgehead atoms. The Bertz CT molecular complexity index is 252. The highest BCUT2D eigenvalue weighted by Crippen LogP contribution is 2.24. The zero-order chi connectivity index (χ0) is 10.9. The van der Waals surface area contributed by atoms with E-state index in [-0.39, 0.29) is 11.8 Å². The number of nitrogens with zero attached hydrogens (tertiary/aromatic N) is 1. The molecule has 0 aromatic rings. The van der Waals surface area contributed by atoms with Gasteiger partial charge in [-0.15, -0.1) is 0 Å². The molecular formula is C9H16N2O3. The number of hydrogen-bond acceptors (Lipinski definition) is 3. The smallest absolute Gasteiger partial charge is 0.326 e. The van der Waals surface area contributed by atoms with Crippen LogP contribution < -0.4 is 5.73 Å². The summed E-state index contributed by atoms with van der Waals surface area (Å²) in [7, 11) is 0. The van der Waals surface area contributed by atoms with E-state index in [2.05, 4.69) is 0 Å². The van der Waals surface area contributed by atoms with Gasteiger partial charge in [0.05, 0.1) is 6.04 Å². The third-order valence-corrected chi connectivity index (χ3v) is 2.63. The topological polar surface area (TPSA) is 83.6 Å². The molecule has 0 radical (unpaired) electrons. The number of rotatable bonds is 2. The van der Waals surface area contributed by atoms with Crippen LogP contribution in [0.25, 0.3) is 0 Å². The molecule has 0 spiro atoms. The van der Waals surface area contributed by atoms with Gasteiger partial charge in [-0.25, -0.2) is 4.79 Å². The third kappa shape index (κ3) is 1.87. The highest BCUT2D eigenvalue weighted by atomic mass is 16.4. The second kappa shape index (κ2) is 3.96. The highest BCUT2D eigenvalue weighted by Gasteiger charge is 2.39. The summed E-state index contributed by atoms with van der Waals surface area (Å²) >= 11 is 0. The van der Waals surface area contributed by atoms with Crippen molar-refractivity contribution in [1.82, 2.24) is 4.90 Å². The molecule has 0 saturated carbocycles. The number of nitrogens with two attached hydrogens (primary N) is 1. The molecule has 1 aliphatic heterocycles. The van der Waals surface area contributed by atoms with E-state index < -0.39 is 18.1 Å². The SMILES string of the molecule is CC1CCN(C(=O)[C@H](C)N)C1C(=O)O. The molecule has 0 aromatic heterocycles. The van der Waals surface area contributed by atoms with Gasteiger partial charge in [-0.05, 0) is 19.3 Å². The molecule has 1 rings (SSSR count). The molecule has 80 valence electrons. The van der Waals surface area contributed by atoms with E-state index in [9.17, 15) is 9.59 Å². The molecule has 0 aromatic carbocycles. The van der Waals surface area contributed by atoms with E-state index in [1.54, 1.807) is 6.92 Å². The maximum Gasteiger partial charge on any atom is 0.326 e. The summed E-state index contributed by atoms with van der Waals surface area (Å²) in [6.07, 6.45) is 0.732. The number of carbonyl (C=O) groups excluding carboxylic acids is 1. The van der Waals surface area contributed by atoms with Crippen molar-refractivity contribution in [2.45, 2.75) is 32.4 Å². The predicted molar refractivity (Wildman–Crippen MR) is 50.6 cm³/mol. The molecule has 1 saturated heterocycles. The van der Waals surface area contributed by atoms with E-state index in [0.29, 0.717) is 6.54 Å². The van der Waals surface area contributed by atoms with Crippen LogP contribution in [0.15, 0.2) is 0 Å². The number of amides is 1. The van der Waals surface area contributed by atoms with Crippen LogP contribution in [0.1, 0.15) is 20.3 Å². The van der Waals surface area contributed by atoms with Crippen molar-refractivity contribution >= 4 is 11.9 Å². The Morgan fingerprint density at radius 1 is 1.57 bits per heavy atom. The van der Waals surface area contributed by atoms with E-state index in [4.69, 9.17) is 10.8 Å². The van der Waals surface area contributed by atoms with Gasteiger partial charge in [0.2, 0.25) is 5.91 Å². The average molecular weight is 200 g/mol. The Morgan fingerprint density at radius 3 is 2.57 bits per heavy atom. The van der Waals surface area contributed by atoms with Crippen molar-refractivity contribution in [3.8, 4) is 0 Å². The van der Waals surface area contributed by atoms with Gasteiger partial charge in [0.25, 0.3) is 0 Å². The number of hydrogen-bond donors (Lipinski definition) is 2. The summed E-state index contributed by atoms with van der Waals surface area (Å²) in [4.78, 5) is 23.8. The van der Waals surface area contributed by atoms with Crippen LogP contribution in [-0.2, 0) is 9.59 Å². The van der Waals surface area contributed by atoms with Gasteiger partial charge in [-0.2, -0.15) is 0 Å². The van der Waals surface area contributed by atoms with Crippen LogP contribution in [0.2, 0.25) is 0 Å². The largest absolute Gasteiger partial charge is 0.480 e. The molecule has 2 unspecified atom stereocenters. The summed E-state index contributed by atoms with van der Waals surface area (Å²) < 4.78 is 0. The molecule has 3 atom stereocenters. The molecule has 5 nitrogen and oxygen atoms in total. The fraction of sp³-hybridized carbons (Fsp3) is 0.778. The molecule has 1 fully saturated rings.